The van der Waals surface area contributed by atoms with Gasteiger partial charge in [0, 0.05) is 0 Å². The third-order valence-electron chi connectivity index (χ3n) is 7.04. The number of carbonyl (C=O) groups is 1. The second kappa shape index (κ2) is 14.9. The summed E-state index contributed by atoms with van der Waals surface area (Å²) in [7, 11) is -1.04. The van der Waals surface area contributed by atoms with Crippen LogP contribution in [0.15, 0.2) is 137 Å². The first kappa shape index (κ1) is 31.8. The van der Waals surface area contributed by atoms with E-state index in [1.807, 2.05) is 60.7 Å². The minimum atomic E-state index is -4.10. The molecule has 9 nitrogen and oxygen atoms in total. The van der Waals surface area contributed by atoms with E-state index in [-0.39, 0.29) is 22.7 Å². The molecule has 10 heteroatoms. The highest BCUT2D eigenvalue weighted by molar-refractivity contribution is 7.92. The summed E-state index contributed by atoms with van der Waals surface area (Å²) >= 11 is 0. The Bertz CT molecular complexity index is 1900. The number of methoxy groups -OCH3 is 2. The van der Waals surface area contributed by atoms with Gasteiger partial charge in [0.1, 0.15) is 12.4 Å². The molecule has 0 atom stereocenters. The van der Waals surface area contributed by atoms with Gasteiger partial charge in [-0.1, -0.05) is 72.8 Å². The van der Waals surface area contributed by atoms with E-state index in [1.54, 1.807) is 61.7 Å². The van der Waals surface area contributed by atoms with Gasteiger partial charge in [-0.15, -0.1) is 0 Å². The van der Waals surface area contributed by atoms with Crippen molar-refractivity contribution in [1.29, 1.82) is 0 Å². The van der Waals surface area contributed by atoms with Crippen LogP contribution in [0.2, 0.25) is 0 Å². The zero-order valence-electron chi connectivity index (χ0n) is 25.4. The van der Waals surface area contributed by atoms with Crippen molar-refractivity contribution in [3.05, 3.63) is 150 Å². The maximum atomic E-state index is 14.0. The van der Waals surface area contributed by atoms with Crippen LogP contribution in [-0.4, -0.2) is 34.8 Å². The van der Waals surface area contributed by atoms with Crippen LogP contribution in [0.1, 0.15) is 27.0 Å². The van der Waals surface area contributed by atoms with Crippen LogP contribution >= 0.6 is 0 Å². The van der Waals surface area contributed by atoms with E-state index in [1.165, 1.54) is 29.8 Å². The van der Waals surface area contributed by atoms with Gasteiger partial charge in [-0.2, -0.15) is 5.10 Å². The lowest BCUT2D eigenvalue weighted by atomic mass is 10.1. The molecule has 0 aliphatic carbocycles. The lowest BCUT2D eigenvalue weighted by molar-refractivity contribution is 0.0955. The Labute approximate surface area is 268 Å². The molecule has 46 heavy (non-hydrogen) atoms. The Morgan fingerprint density at radius 1 is 0.761 bits per heavy atom. The largest absolute Gasteiger partial charge is 0.497 e. The number of hydrogen-bond donors (Lipinski definition) is 1. The van der Waals surface area contributed by atoms with Crippen LogP contribution in [0.4, 0.5) is 5.69 Å². The van der Waals surface area contributed by atoms with Gasteiger partial charge < -0.3 is 14.2 Å². The fraction of sp³-hybridized carbons (Fsp3) is 0.111. The molecule has 0 heterocycles. The summed E-state index contributed by atoms with van der Waals surface area (Å²) in [4.78, 5) is 13.5. The van der Waals surface area contributed by atoms with Crippen molar-refractivity contribution in [3.8, 4) is 17.2 Å². The molecule has 0 fully saturated rings. The molecule has 0 radical (unpaired) electrons. The van der Waals surface area contributed by atoms with E-state index in [0.717, 1.165) is 11.1 Å². The number of para-hydroxylation sites is 1. The van der Waals surface area contributed by atoms with Crippen molar-refractivity contribution in [1.82, 2.24) is 5.43 Å². The average Bonchev–Trinajstić information content (AvgIpc) is 3.10. The zero-order chi connectivity index (χ0) is 32.4. The number of nitrogens with zero attached hydrogens (tertiary/aromatic N) is 2. The Balaban J connectivity index is 1.37. The minimum absolute atomic E-state index is 0.00124. The Morgan fingerprint density at radius 2 is 1.41 bits per heavy atom. The van der Waals surface area contributed by atoms with Crippen LogP contribution in [0.3, 0.4) is 0 Å². The normalized spacial score (nSPS) is 11.2. The third-order valence-corrected chi connectivity index (χ3v) is 8.81. The zero-order valence-corrected chi connectivity index (χ0v) is 26.2. The molecule has 0 saturated heterocycles. The summed E-state index contributed by atoms with van der Waals surface area (Å²) in [6.45, 7) is 0.386. The molecule has 0 aromatic heterocycles. The van der Waals surface area contributed by atoms with Crippen LogP contribution in [0, 0.1) is 0 Å². The number of amides is 1. The molecule has 0 aliphatic heterocycles. The average molecular weight is 636 g/mol. The number of hydrogen-bond acceptors (Lipinski definition) is 7. The first-order chi connectivity index (χ1) is 22.4. The molecule has 0 bridgehead atoms. The van der Waals surface area contributed by atoms with Gasteiger partial charge in [0.15, 0.2) is 11.5 Å². The van der Waals surface area contributed by atoms with E-state index >= 15 is 0 Å². The predicted molar refractivity (Wildman–Crippen MR) is 178 cm³/mol. The second-order valence-corrected chi connectivity index (χ2v) is 11.9. The first-order valence-corrected chi connectivity index (χ1v) is 15.8. The van der Waals surface area contributed by atoms with Gasteiger partial charge in [-0.3, -0.25) is 9.10 Å². The topological polar surface area (TPSA) is 107 Å². The molecule has 234 valence electrons. The van der Waals surface area contributed by atoms with E-state index in [9.17, 15) is 13.2 Å². The predicted octanol–water partition coefficient (Wildman–Crippen LogP) is 6.44. The summed E-state index contributed by atoms with van der Waals surface area (Å²) in [5, 5.41) is 4.14. The second-order valence-electron chi connectivity index (χ2n) is 10.1. The van der Waals surface area contributed by atoms with Gasteiger partial charge in [0.2, 0.25) is 0 Å². The SMILES string of the molecule is COc1ccc(S(=O)(=O)N(Cc2ccccc2)c2ccccc2C(=O)N/N=C\c2ccc(OCc3ccccc3)c(OC)c2)cc1. The molecule has 0 saturated carbocycles. The van der Waals surface area contributed by atoms with Crippen molar-refractivity contribution in [2.45, 2.75) is 18.0 Å². The molecule has 5 aromatic rings. The molecule has 0 unspecified atom stereocenters. The van der Waals surface area contributed by atoms with Crippen LogP contribution < -0.4 is 23.9 Å². The Hall–Kier alpha value is -5.61. The van der Waals surface area contributed by atoms with Gasteiger partial charge in [-0.05, 0) is 71.3 Å². The number of sulfonamides is 1. The van der Waals surface area contributed by atoms with Crippen molar-refractivity contribution in [2.24, 2.45) is 5.10 Å². The number of ether oxygens (including phenoxy) is 3. The van der Waals surface area contributed by atoms with E-state index in [2.05, 4.69) is 10.5 Å². The maximum absolute atomic E-state index is 14.0. The fourth-order valence-electron chi connectivity index (χ4n) is 4.65. The summed E-state index contributed by atoms with van der Waals surface area (Å²) in [6, 6.07) is 36.9. The number of anilines is 1. The summed E-state index contributed by atoms with van der Waals surface area (Å²) in [5.74, 6) is 1.03. The molecule has 1 N–H and O–H groups in total. The first-order valence-electron chi connectivity index (χ1n) is 14.4. The van der Waals surface area contributed by atoms with E-state index in [0.29, 0.717) is 29.4 Å². The highest BCUT2D eigenvalue weighted by atomic mass is 32.2. The van der Waals surface area contributed by atoms with Crippen LogP contribution in [0.25, 0.3) is 0 Å². The van der Waals surface area contributed by atoms with Gasteiger partial charge in [-0.25, -0.2) is 13.8 Å². The smallest absolute Gasteiger partial charge is 0.273 e. The van der Waals surface area contributed by atoms with E-state index in [4.69, 9.17) is 14.2 Å². The lowest BCUT2D eigenvalue weighted by Gasteiger charge is -2.26. The third kappa shape index (κ3) is 7.72. The monoisotopic (exact) mass is 635 g/mol. The fourth-order valence-corrected chi connectivity index (χ4v) is 6.12. The number of rotatable bonds is 13. The maximum Gasteiger partial charge on any atom is 0.273 e. The quantitative estimate of drug-likeness (QED) is 0.118. The van der Waals surface area contributed by atoms with Crippen molar-refractivity contribution in [3.63, 3.8) is 0 Å². The molecule has 0 spiro atoms. The lowest BCUT2D eigenvalue weighted by Crippen LogP contribution is -2.33. The molecular formula is C36H33N3O6S. The highest BCUT2D eigenvalue weighted by Crippen LogP contribution is 2.31. The summed E-state index contributed by atoms with van der Waals surface area (Å²) in [6.07, 6.45) is 1.47. The minimum Gasteiger partial charge on any atom is -0.497 e. The van der Waals surface area contributed by atoms with Gasteiger partial charge in [0.05, 0.1) is 43.1 Å². The highest BCUT2D eigenvalue weighted by Gasteiger charge is 2.28. The van der Waals surface area contributed by atoms with Gasteiger partial charge >= 0.3 is 0 Å². The molecule has 5 aromatic carbocycles. The summed E-state index contributed by atoms with van der Waals surface area (Å²) < 4.78 is 45.9. The van der Waals surface area contributed by atoms with Crippen molar-refractivity contribution < 1.29 is 27.4 Å². The number of benzene rings is 5. The van der Waals surface area contributed by atoms with Crippen molar-refractivity contribution >= 4 is 27.8 Å². The Kier molecular flexibility index (Phi) is 10.3. The Morgan fingerprint density at radius 3 is 2.09 bits per heavy atom. The molecule has 0 aliphatic rings. The standard InChI is InChI=1S/C36H33N3O6S/c1-43-30-18-20-31(21-19-30)46(41,42)39(25-27-11-5-3-6-12-27)33-16-10-9-15-32(33)36(40)38-37-24-29-17-22-34(35(23-29)44-2)45-26-28-13-7-4-8-14-28/h3-24H,25-26H2,1-2H3,(H,38,40)/b37-24-. The number of carbonyl (C=O) groups excluding carboxylic acids is 1. The molecule has 5 rings (SSSR count). The number of nitrogens with one attached hydrogen (secondary N) is 1. The van der Waals surface area contributed by atoms with E-state index < -0.39 is 15.9 Å². The summed E-state index contributed by atoms with van der Waals surface area (Å²) in [5.41, 5.74) is 5.30. The molecular weight excluding hydrogens is 602 g/mol. The van der Waals surface area contributed by atoms with Crippen molar-refractivity contribution in [2.75, 3.05) is 18.5 Å². The van der Waals surface area contributed by atoms with Gasteiger partial charge in [0.25, 0.3) is 15.9 Å². The van der Waals surface area contributed by atoms with Crippen LogP contribution in [0.5, 0.6) is 17.2 Å². The number of hydrazone groups is 1. The van der Waals surface area contributed by atoms with Crippen LogP contribution in [-0.2, 0) is 23.2 Å². The molecule has 1 amide bonds.